The number of ether oxygens (including phenoxy) is 1. The summed E-state index contributed by atoms with van der Waals surface area (Å²) in [7, 11) is 0. The number of carboxylic acids is 1. The number of nitrogens with zero attached hydrogens (tertiary/aromatic N) is 1. The molecule has 0 spiro atoms. The van der Waals surface area contributed by atoms with Gasteiger partial charge in [0.15, 0.2) is 0 Å². The minimum Gasteiger partial charge on any atom is -0.481 e. The Balaban J connectivity index is 2.74. The number of likely N-dealkylation sites (tertiary alicyclic amines) is 1. The van der Waals surface area contributed by atoms with E-state index in [1.165, 1.54) is 0 Å². The van der Waals surface area contributed by atoms with Crippen molar-refractivity contribution in [2.75, 3.05) is 6.54 Å². The highest BCUT2D eigenvalue weighted by Gasteiger charge is 2.41. The number of hydrogen-bond acceptors (Lipinski definition) is 3. The van der Waals surface area contributed by atoms with Crippen molar-refractivity contribution in [2.45, 2.75) is 58.6 Å². The summed E-state index contributed by atoms with van der Waals surface area (Å²) in [4.78, 5) is 24.7. The normalized spacial score (nSPS) is 23.6. The van der Waals surface area contributed by atoms with Crippen LogP contribution < -0.4 is 0 Å². The van der Waals surface area contributed by atoms with Crippen molar-refractivity contribution in [3.05, 3.63) is 0 Å². The van der Waals surface area contributed by atoms with Crippen LogP contribution in [-0.2, 0) is 9.53 Å². The van der Waals surface area contributed by atoms with E-state index < -0.39 is 17.1 Å². The van der Waals surface area contributed by atoms with Gasteiger partial charge in [0.25, 0.3) is 0 Å². The number of carbonyl (C=O) groups excluding carboxylic acids is 1. The maximum Gasteiger partial charge on any atom is 0.410 e. The molecule has 0 radical (unpaired) electrons. The molecule has 1 N–H and O–H groups in total. The van der Waals surface area contributed by atoms with E-state index in [2.05, 4.69) is 0 Å². The molecule has 1 saturated heterocycles. The lowest BCUT2D eigenvalue weighted by molar-refractivity contribution is -0.145. The number of amides is 1. The number of carboxylic acid groups (broad SMARTS) is 1. The summed E-state index contributed by atoms with van der Waals surface area (Å²) in [6, 6.07) is 0. The van der Waals surface area contributed by atoms with Crippen molar-refractivity contribution in [2.24, 2.45) is 5.92 Å². The van der Waals surface area contributed by atoms with Gasteiger partial charge in [-0.2, -0.15) is 0 Å². The molecule has 5 heteroatoms. The van der Waals surface area contributed by atoms with Crippen molar-refractivity contribution in [1.82, 2.24) is 4.90 Å². The predicted molar refractivity (Wildman–Crippen MR) is 67.4 cm³/mol. The topological polar surface area (TPSA) is 66.8 Å². The summed E-state index contributed by atoms with van der Waals surface area (Å²) >= 11 is 0. The first-order chi connectivity index (χ1) is 8.03. The number of aliphatic carboxylic acids is 1. The minimum absolute atomic E-state index is 0.365. The van der Waals surface area contributed by atoms with Gasteiger partial charge in [-0.05, 0) is 47.5 Å². The van der Waals surface area contributed by atoms with Crippen LogP contribution in [0.25, 0.3) is 0 Å². The zero-order valence-corrected chi connectivity index (χ0v) is 11.8. The van der Waals surface area contributed by atoms with E-state index in [0.717, 1.165) is 0 Å². The van der Waals surface area contributed by atoms with Gasteiger partial charge < -0.3 is 14.7 Å². The molecule has 1 aliphatic heterocycles. The first kappa shape index (κ1) is 14.8. The average molecular weight is 257 g/mol. The second kappa shape index (κ2) is 4.78. The molecular formula is C13H23NO4. The van der Waals surface area contributed by atoms with Gasteiger partial charge in [-0.3, -0.25) is 4.79 Å². The van der Waals surface area contributed by atoms with Crippen molar-refractivity contribution < 1.29 is 19.4 Å². The molecule has 104 valence electrons. The molecule has 1 rings (SSSR count). The quantitative estimate of drug-likeness (QED) is 0.783. The molecule has 0 aromatic rings. The van der Waals surface area contributed by atoms with E-state index in [1.54, 1.807) is 4.90 Å². The largest absolute Gasteiger partial charge is 0.481 e. The minimum atomic E-state index is -0.785. The molecule has 1 unspecified atom stereocenters. The van der Waals surface area contributed by atoms with E-state index in [4.69, 9.17) is 9.84 Å². The van der Waals surface area contributed by atoms with Crippen molar-refractivity contribution in [1.29, 1.82) is 0 Å². The van der Waals surface area contributed by atoms with Gasteiger partial charge in [0.05, 0.1) is 5.92 Å². The van der Waals surface area contributed by atoms with Crippen LogP contribution in [0.5, 0.6) is 0 Å². The lowest BCUT2D eigenvalue weighted by atomic mass is 9.83. The zero-order valence-electron chi connectivity index (χ0n) is 11.8. The van der Waals surface area contributed by atoms with Gasteiger partial charge in [-0.1, -0.05) is 0 Å². The molecule has 0 saturated carbocycles. The van der Waals surface area contributed by atoms with Crippen LogP contribution in [-0.4, -0.2) is 39.8 Å². The molecule has 1 atom stereocenters. The van der Waals surface area contributed by atoms with Gasteiger partial charge in [0.2, 0.25) is 0 Å². The molecule has 0 bridgehead atoms. The molecule has 18 heavy (non-hydrogen) atoms. The third-order valence-electron chi connectivity index (χ3n) is 3.14. The molecule has 1 heterocycles. The van der Waals surface area contributed by atoms with Crippen LogP contribution in [0, 0.1) is 5.92 Å². The maximum absolute atomic E-state index is 12.1. The van der Waals surface area contributed by atoms with Gasteiger partial charge in [-0.15, -0.1) is 0 Å². The fourth-order valence-electron chi connectivity index (χ4n) is 2.27. The van der Waals surface area contributed by atoms with Gasteiger partial charge >= 0.3 is 12.1 Å². The Morgan fingerprint density at radius 3 is 2.28 bits per heavy atom. The predicted octanol–water partition coefficient (Wildman–Crippen LogP) is 2.50. The van der Waals surface area contributed by atoms with Crippen molar-refractivity contribution in [3.8, 4) is 0 Å². The van der Waals surface area contributed by atoms with E-state index >= 15 is 0 Å². The smallest absolute Gasteiger partial charge is 0.410 e. The fraction of sp³-hybridized carbons (Fsp3) is 0.846. The Hall–Kier alpha value is -1.26. The Labute approximate surface area is 108 Å². The molecule has 5 nitrogen and oxygen atoms in total. The van der Waals surface area contributed by atoms with E-state index in [1.807, 2.05) is 34.6 Å². The maximum atomic E-state index is 12.1. The average Bonchev–Trinajstić information content (AvgIpc) is 2.12. The molecule has 0 aromatic carbocycles. The molecule has 0 aliphatic carbocycles. The van der Waals surface area contributed by atoms with Crippen LogP contribution in [0.4, 0.5) is 4.79 Å². The molecular weight excluding hydrogens is 234 g/mol. The van der Waals surface area contributed by atoms with Gasteiger partial charge in [0.1, 0.15) is 5.60 Å². The van der Waals surface area contributed by atoms with E-state index in [-0.39, 0.29) is 12.0 Å². The fourth-order valence-corrected chi connectivity index (χ4v) is 2.27. The van der Waals surface area contributed by atoms with Gasteiger partial charge in [-0.25, -0.2) is 4.79 Å². The van der Waals surface area contributed by atoms with Crippen LogP contribution in [0.2, 0.25) is 0 Å². The van der Waals surface area contributed by atoms with Gasteiger partial charge in [0, 0.05) is 12.1 Å². The number of carbonyl (C=O) groups is 2. The summed E-state index contributed by atoms with van der Waals surface area (Å²) in [5.74, 6) is -1.16. The lowest BCUT2D eigenvalue weighted by Gasteiger charge is -2.44. The molecule has 1 aliphatic rings. The summed E-state index contributed by atoms with van der Waals surface area (Å²) in [6.07, 6.45) is 0.580. The lowest BCUT2D eigenvalue weighted by Crippen LogP contribution is -2.55. The molecule has 1 fully saturated rings. The highest BCUT2D eigenvalue weighted by atomic mass is 16.6. The SMILES string of the molecule is CC(C)(C)OC(=O)N1CCC(C(=O)O)CC1(C)C. The summed E-state index contributed by atoms with van der Waals surface area (Å²) in [5.41, 5.74) is -1.01. The van der Waals surface area contributed by atoms with Crippen molar-refractivity contribution in [3.63, 3.8) is 0 Å². The summed E-state index contributed by atoms with van der Waals surface area (Å²) in [6.45, 7) is 9.66. The van der Waals surface area contributed by atoms with Crippen molar-refractivity contribution >= 4 is 12.1 Å². The first-order valence-corrected chi connectivity index (χ1v) is 6.26. The Kier molecular flexibility index (Phi) is 3.93. The first-order valence-electron chi connectivity index (χ1n) is 6.26. The highest BCUT2D eigenvalue weighted by Crippen LogP contribution is 2.32. The second-order valence-electron chi connectivity index (χ2n) is 6.47. The standard InChI is InChI=1S/C13H23NO4/c1-12(2,3)18-11(17)14-7-6-9(10(15)16)8-13(14,4)5/h9H,6-8H2,1-5H3,(H,15,16). The molecule has 1 amide bonds. The van der Waals surface area contributed by atoms with Crippen LogP contribution in [0.15, 0.2) is 0 Å². The summed E-state index contributed by atoms with van der Waals surface area (Å²) in [5, 5.41) is 9.05. The number of piperidine rings is 1. The number of hydrogen-bond donors (Lipinski definition) is 1. The van der Waals surface area contributed by atoms with E-state index in [9.17, 15) is 9.59 Å². The Morgan fingerprint density at radius 2 is 1.89 bits per heavy atom. The van der Waals surface area contributed by atoms with Crippen LogP contribution in [0.1, 0.15) is 47.5 Å². The van der Waals surface area contributed by atoms with Crippen LogP contribution >= 0.6 is 0 Å². The Morgan fingerprint density at radius 1 is 1.33 bits per heavy atom. The zero-order chi connectivity index (χ0) is 14.1. The second-order valence-corrected chi connectivity index (χ2v) is 6.47. The van der Waals surface area contributed by atoms with Crippen LogP contribution in [0.3, 0.4) is 0 Å². The summed E-state index contributed by atoms with van der Waals surface area (Å²) < 4.78 is 5.35. The third kappa shape index (κ3) is 3.62. The number of rotatable bonds is 1. The highest BCUT2D eigenvalue weighted by molar-refractivity contribution is 5.72. The molecule has 0 aromatic heterocycles. The Bertz CT molecular complexity index is 343. The monoisotopic (exact) mass is 257 g/mol. The van der Waals surface area contributed by atoms with E-state index in [0.29, 0.717) is 19.4 Å². The third-order valence-corrected chi connectivity index (χ3v) is 3.14.